The van der Waals surface area contributed by atoms with E-state index in [9.17, 15) is 0 Å². The van der Waals surface area contributed by atoms with E-state index >= 15 is 0 Å². The summed E-state index contributed by atoms with van der Waals surface area (Å²) in [6.07, 6.45) is 8.98. The predicted octanol–water partition coefficient (Wildman–Crippen LogP) is 27.0. The third-order valence-corrected chi connectivity index (χ3v) is 21.5. The molecule has 0 atom stereocenters. The van der Waals surface area contributed by atoms with Gasteiger partial charge in [-0.05, 0) is 85.5 Å². The second-order valence-electron chi connectivity index (χ2n) is 28.2. The Bertz CT molecular complexity index is 6970. The molecule has 116 heavy (non-hydrogen) atoms. The number of nitrogens with zero attached hydrogens (tertiary/aromatic N) is 6. The maximum atomic E-state index is 4.86. The van der Waals surface area contributed by atoms with Gasteiger partial charge in [-0.3, -0.25) is 24.9 Å². The molecule has 0 fully saturated rings. The molecule has 0 bridgehead atoms. The van der Waals surface area contributed by atoms with Crippen LogP contribution in [0.3, 0.4) is 0 Å². The smallest absolute Gasteiger partial charge is 0.305 e. The Balaban J connectivity index is 0.00000465. The molecule has 0 saturated heterocycles. The second-order valence-corrected chi connectivity index (χ2v) is 28.2. The third-order valence-electron chi connectivity index (χ3n) is 21.5. The molecule has 6 nitrogen and oxygen atoms in total. The van der Waals surface area contributed by atoms with Crippen molar-refractivity contribution < 1.29 is 39.0 Å². The van der Waals surface area contributed by atoms with Crippen molar-refractivity contribution in [2.75, 3.05) is 0 Å². The van der Waals surface area contributed by atoms with Crippen molar-refractivity contribution in [2.24, 2.45) is 0 Å². The summed E-state index contributed by atoms with van der Waals surface area (Å²) in [6, 6.07) is 149. The van der Waals surface area contributed by atoms with E-state index in [1.54, 1.807) is 6.33 Å². The summed E-state index contributed by atoms with van der Waals surface area (Å²) < 4.78 is 0. The van der Waals surface area contributed by atoms with Gasteiger partial charge in [0.05, 0.1) is 6.33 Å². The van der Waals surface area contributed by atoms with Crippen LogP contribution < -0.4 is 0 Å². The molecule has 5 heterocycles. The minimum absolute atomic E-state index is 0. The maximum absolute atomic E-state index is 4.86. The first kappa shape index (κ1) is 73.5. The molecule has 0 N–H and O–H groups in total. The van der Waals surface area contributed by atoms with Crippen LogP contribution in [0.1, 0.15) is 0 Å². The number of aromatic nitrogens is 6. The van der Waals surface area contributed by atoms with E-state index in [0.717, 1.165) is 211 Å². The number of hydrogen-bond acceptors (Lipinski definition) is 6. The topological polar surface area (TPSA) is 77.3 Å². The number of benzene rings is 15. The monoisotopic (exact) mass is 1650 g/mol. The summed E-state index contributed by atoms with van der Waals surface area (Å²) in [6.45, 7) is 0. The number of pyridine rings is 4. The van der Waals surface area contributed by atoms with Crippen molar-refractivity contribution >= 4 is 32.3 Å². The second kappa shape index (κ2) is 32.6. The SMILES string of the molecule is [Rh+3].[Rh+3].[c-]1cc(-c2ccccc2-c2cc(-c3ccccc3-c3c[c-]c(-c4cc(-c5[c-]cc(-c6ccccc6-c6ccc(-c7[c-]c(-c8ccccn8)ccc7-c7ccccc7)c7c8ccccc8c8ccc(-c9ccccn9)[c-]c8c67)cc5)ncn4)cc3)ccc2-c2[c-]c(-c3ccccn3)ccc2-c2ccccc2)ccc1-c1ccccn1. The van der Waals surface area contributed by atoms with Gasteiger partial charge in [-0.2, -0.15) is 0 Å². The van der Waals surface area contributed by atoms with Crippen LogP contribution in [-0.4, -0.2) is 29.9 Å². The molecule has 0 aliphatic heterocycles. The molecule has 0 aliphatic rings. The van der Waals surface area contributed by atoms with Crippen molar-refractivity contribution in [3.8, 4) is 179 Å². The summed E-state index contributed by atoms with van der Waals surface area (Å²) >= 11 is 0. The third kappa shape index (κ3) is 14.2. The molecule has 0 saturated carbocycles. The number of rotatable bonds is 16. The first-order valence-electron chi connectivity index (χ1n) is 38.1. The van der Waals surface area contributed by atoms with E-state index < -0.39 is 0 Å². The zero-order valence-electron chi connectivity index (χ0n) is 62.3. The fourth-order valence-electron chi connectivity index (χ4n) is 16.1. The molecule has 20 aromatic rings. The van der Waals surface area contributed by atoms with Crippen LogP contribution in [0, 0.1) is 36.4 Å². The average molecular weight is 1650 g/mol. The van der Waals surface area contributed by atoms with Crippen molar-refractivity contribution in [2.45, 2.75) is 0 Å². The Morgan fingerprint density at radius 2 is 0.552 bits per heavy atom. The maximum Gasteiger partial charge on any atom is 3.00 e. The van der Waals surface area contributed by atoms with E-state index in [1.807, 2.05) is 91.5 Å². The molecule has 5 aromatic heterocycles. The minimum Gasteiger partial charge on any atom is -0.305 e. The van der Waals surface area contributed by atoms with Crippen LogP contribution in [0.5, 0.6) is 0 Å². The Labute approximate surface area is 699 Å². The van der Waals surface area contributed by atoms with Gasteiger partial charge >= 0.3 is 39.0 Å². The van der Waals surface area contributed by atoms with Gasteiger partial charge in [0, 0.05) is 41.9 Å². The van der Waals surface area contributed by atoms with Crippen LogP contribution >= 0.6 is 0 Å². The van der Waals surface area contributed by atoms with Gasteiger partial charge in [0.25, 0.3) is 0 Å². The van der Waals surface area contributed by atoms with Gasteiger partial charge in [0.2, 0.25) is 0 Å². The first-order chi connectivity index (χ1) is 56.5. The molecule has 0 amide bonds. The molecule has 0 radical (unpaired) electrons. The summed E-state index contributed by atoms with van der Waals surface area (Å²) in [4.78, 5) is 28.8. The standard InChI is InChI=1S/C108H64N6.2Rh/c1-3-23-71(24-4-1)87-55-52-80(102-36-16-20-62-110-102)66-97(87)93-57-51-79(65-99(93)90-32-12-10-29-85(90)75-39-45-76(46-40-75)101-35-15-19-61-109-101)86-30-8-7-27-83(86)73-41-47-77(48-42-73)105-69-106(114-70-113-105)78-49-43-74(44-50-78)84-28-9-11-31-89(84)95-59-60-96(98-67-81(103-37-17-21-63-111-103)53-56-88(98)72-25-5-2-6-26-72)107-94-34-14-13-33-91(94)92-58-54-82(68-100(92)108(95)107)104-38-18-22-64-112-104;;/h1-45,47,49,51-65,69-70H;;/q-6;2*+3. The molecular weight excluding hydrogens is 1590 g/mol. The minimum atomic E-state index is 0. The van der Waals surface area contributed by atoms with Gasteiger partial charge in [-0.25, -0.2) is 0 Å². The van der Waals surface area contributed by atoms with E-state index in [1.165, 1.54) is 0 Å². The van der Waals surface area contributed by atoms with Crippen LogP contribution in [-0.2, 0) is 39.0 Å². The van der Waals surface area contributed by atoms with Crippen LogP contribution in [0.25, 0.3) is 211 Å². The van der Waals surface area contributed by atoms with Gasteiger partial charge in [-0.15, -0.1) is 161 Å². The van der Waals surface area contributed by atoms with Gasteiger partial charge in [0.15, 0.2) is 0 Å². The van der Waals surface area contributed by atoms with E-state index in [2.05, 4.69) is 333 Å². The zero-order chi connectivity index (χ0) is 75.7. The van der Waals surface area contributed by atoms with Crippen molar-refractivity contribution in [3.05, 3.63) is 425 Å². The summed E-state index contributed by atoms with van der Waals surface area (Å²) in [7, 11) is 0. The Morgan fingerprint density at radius 1 is 0.190 bits per heavy atom. The zero-order valence-corrected chi connectivity index (χ0v) is 65.6. The Morgan fingerprint density at radius 3 is 1.03 bits per heavy atom. The fourth-order valence-corrected chi connectivity index (χ4v) is 16.1. The molecule has 0 spiro atoms. The Hall–Kier alpha value is -14.0. The van der Waals surface area contributed by atoms with Crippen molar-refractivity contribution in [1.82, 2.24) is 29.9 Å². The van der Waals surface area contributed by atoms with Crippen LogP contribution in [0.2, 0.25) is 0 Å². The Kier molecular flexibility index (Phi) is 20.7. The van der Waals surface area contributed by atoms with E-state index in [4.69, 9.17) is 24.9 Å². The molecule has 15 aromatic carbocycles. The number of hydrogen-bond donors (Lipinski definition) is 0. The van der Waals surface area contributed by atoms with Gasteiger partial charge in [-0.1, -0.05) is 342 Å². The van der Waals surface area contributed by atoms with E-state index in [0.29, 0.717) is 0 Å². The summed E-state index contributed by atoms with van der Waals surface area (Å²) in [5, 5.41) is 6.56. The molecule has 544 valence electrons. The molecule has 8 heteroatoms. The molecular formula is C108H64N6Rh2. The van der Waals surface area contributed by atoms with E-state index in [-0.39, 0.29) is 39.0 Å². The van der Waals surface area contributed by atoms with Crippen molar-refractivity contribution in [1.29, 1.82) is 0 Å². The number of fused-ring (bicyclic) bond motifs is 6. The molecule has 20 rings (SSSR count). The van der Waals surface area contributed by atoms with Crippen LogP contribution in [0.4, 0.5) is 0 Å². The first-order valence-corrected chi connectivity index (χ1v) is 38.1. The quantitative estimate of drug-likeness (QED) is 0.0545. The normalized spacial score (nSPS) is 11.1. The predicted molar refractivity (Wildman–Crippen MR) is 466 cm³/mol. The fraction of sp³-hybridized carbons (Fsp3) is 0. The van der Waals surface area contributed by atoms with Gasteiger partial charge in [0.1, 0.15) is 0 Å². The average Bonchev–Trinajstić information content (AvgIpc) is 0.714. The van der Waals surface area contributed by atoms with Crippen molar-refractivity contribution in [3.63, 3.8) is 0 Å². The molecule has 0 unspecified atom stereocenters. The molecule has 0 aliphatic carbocycles. The summed E-state index contributed by atoms with van der Waals surface area (Å²) in [5.41, 5.74) is 31.4. The largest absolute Gasteiger partial charge is 3.00 e. The van der Waals surface area contributed by atoms with Crippen LogP contribution in [0.15, 0.2) is 389 Å². The summed E-state index contributed by atoms with van der Waals surface area (Å²) in [5.74, 6) is 0. The van der Waals surface area contributed by atoms with Gasteiger partial charge < -0.3 is 4.98 Å².